The Bertz CT molecular complexity index is 1750. The van der Waals surface area contributed by atoms with Gasteiger partial charge in [0.05, 0.1) is 19.1 Å². The van der Waals surface area contributed by atoms with Crippen LogP contribution in [0.2, 0.25) is 0 Å². The number of anilines is 1. The van der Waals surface area contributed by atoms with Gasteiger partial charge in [-0.15, -0.1) is 0 Å². The van der Waals surface area contributed by atoms with Crippen molar-refractivity contribution < 1.29 is 23.5 Å². The third-order valence-electron chi connectivity index (χ3n) is 8.62. The number of hydrogen-bond acceptors (Lipinski definition) is 5. The second-order valence-electron chi connectivity index (χ2n) is 10.5. The number of benzene rings is 4. The predicted molar refractivity (Wildman–Crippen MR) is 152 cm³/mol. The summed E-state index contributed by atoms with van der Waals surface area (Å²) in [6, 6.07) is 25.4. The molecule has 3 heterocycles. The fraction of sp³-hybridized carbons (Fsp3) is 0.147. The van der Waals surface area contributed by atoms with Crippen molar-refractivity contribution in [2.24, 2.45) is 5.92 Å². The van der Waals surface area contributed by atoms with Crippen molar-refractivity contribution in [3.63, 3.8) is 0 Å². The summed E-state index contributed by atoms with van der Waals surface area (Å²) in [6.07, 6.45) is 3.72. The number of ketones is 2. The summed E-state index contributed by atoms with van der Waals surface area (Å²) in [5, 5.41) is 3.03. The average molecular weight is 545 g/mol. The zero-order valence-corrected chi connectivity index (χ0v) is 22.1. The molecule has 1 saturated heterocycles. The number of para-hydroxylation sites is 1. The molecule has 202 valence electrons. The van der Waals surface area contributed by atoms with Crippen LogP contribution in [0.4, 0.5) is 10.1 Å². The largest absolute Gasteiger partial charge is 0.497 e. The molecule has 1 spiro atoms. The van der Waals surface area contributed by atoms with Gasteiger partial charge in [-0.1, -0.05) is 42.5 Å². The van der Waals surface area contributed by atoms with Crippen molar-refractivity contribution in [2.45, 2.75) is 17.5 Å². The number of carbonyl (C=O) groups excluding carboxylic acids is 3. The van der Waals surface area contributed by atoms with E-state index in [2.05, 4.69) is 5.32 Å². The standard InChI is InChI=1S/C34H25FN2O4/c1-41-24-16-12-21(13-17-24)30(38)28-29(31(39)22-10-14-23(35)15-11-22)37-19-18-20-6-2-3-7-25(20)32(37)34(28)26-8-4-5-9-27(26)36-33(34)40/h2-19,28-29,32H,1H3,(H,36,40)/t28-,29-,32+,34+/m0/s1. The van der Waals surface area contributed by atoms with E-state index in [1.54, 1.807) is 31.4 Å². The maximum atomic E-state index is 14.7. The molecule has 0 aliphatic carbocycles. The number of fused-ring (bicyclic) bond motifs is 6. The first kappa shape index (κ1) is 25.0. The number of rotatable bonds is 5. The van der Waals surface area contributed by atoms with E-state index in [0.717, 1.165) is 11.1 Å². The molecular formula is C34H25FN2O4. The van der Waals surface area contributed by atoms with E-state index in [4.69, 9.17) is 4.74 Å². The first-order valence-corrected chi connectivity index (χ1v) is 13.4. The van der Waals surface area contributed by atoms with Crippen LogP contribution in [0.5, 0.6) is 5.75 Å². The number of carbonyl (C=O) groups is 3. The quantitative estimate of drug-likeness (QED) is 0.321. The van der Waals surface area contributed by atoms with Crippen molar-refractivity contribution in [2.75, 3.05) is 12.4 Å². The first-order chi connectivity index (χ1) is 19.9. The van der Waals surface area contributed by atoms with Crippen LogP contribution in [-0.2, 0) is 10.2 Å². The molecule has 1 N–H and O–H groups in total. The molecule has 0 bridgehead atoms. The fourth-order valence-corrected chi connectivity index (χ4v) is 6.89. The van der Waals surface area contributed by atoms with E-state index in [-0.39, 0.29) is 23.0 Å². The van der Waals surface area contributed by atoms with Crippen molar-refractivity contribution in [1.82, 2.24) is 4.90 Å². The summed E-state index contributed by atoms with van der Waals surface area (Å²) in [5.41, 5.74) is 2.26. The van der Waals surface area contributed by atoms with Gasteiger partial charge in [-0.25, -0.2) is 4.39 Å². The first-order valence-electron chi connectivity index (χ1n) is 13.4. The summed E-state index contributed by atoms with van der Waals surface area (Å²) in [4.78, 5) is 45.4. The number of Topliss-reactive ketones (excluding diaryl/α,β-unsaturated/α-hetero) is 2. The van der Waals surface area contributed by atoms with Crippen LogP contribution in [0.25, 0.3) is 6.08 Å². The summed E-state index contributed by atoms with van der Waals surface area (Å²) >= 11 is 0. The van der Waals surface area contributed by atoms with Crippen LogP contribution < -0.4 is 10.1 Å². The number of hydrogen-bond donors (Lipinski definition) is 1. The summed E-state index contributed by atoms with van der Waals surface area (Å²) in [5.74, 6) is -2.01. The monoisotopic (exact) mass is 544 g/mol. The Morgan fingerprint density at radius 3 is 2.27 bits per heavy atom. The van der Waals surface area contributed by atoms with Gasteiger partial charge in [0.15, 0.2) is 11.6 Å². The van der Waals surface area contributed by atoms with Gasteiger partial charge in [0.25, 0.3) is 0 Å². The number of nitrogens with zero attached hydrogens (tertiary/aromatic N) is 1. The number of methoxy groups -OCH3 is 1. The number of ether oxygens (including phenoxy) is 1. The Morgan fingerprint density at radius 1 is 0.854 bits per heavy atom. The minimum absolute atomic E-state index is 0.263. The molecule has 7 heteroatoms. The second-order valence-corrected chi connectivity index (χ2v) is 10.5. The van der Waals surface area contributed by atoms with Crippen LogP contribution in [0.3, 0.4) is 0 Å². The summed E-state index contributed by atoms with van der Waals surface area (Å²) in [6.45, 7) is 0. The van der Waals surface area contributed by atoms with E-state index < -0.39 is 29.2 Å². The summed E-state index contributed by atoms with van der Waals surface area (Å²) < 4.78 is 19.2. The highest BCUT2D eigenvalue weighted by molar-refractivity contribution is 6.16. The van der Waals surface area contributed by atoms with Crippen molar-refractivity contribution in [3.05, 3.63) is 137 Å². The molecule has 0 radical (unpaired) electrons. The normalized spacial score (nSPS) is 23.5. The van der Waals surface area contributed by atoms with Crippen LogP contribution >= 0.6 is 0 Å². The fourth-order valence-electron chi connectivity index (χ4n) is 6.89. The third kappa shape index (κ3) is 3.51. The Hall–Kier alpha value is -5.04. The predicted octanol–water partition coefficient (Wildman–Crippen LogP) is 5.82. The van der Waals surface area contributed by atoms with E-state index in [1.807, 2.05) is 65.7 Å². The minimum Gasteiger partial charge on any atom is -0.497 e. The maximum Gasteiger partial charge on any atom is 0.238 e. The van der Waals surface area contributed by atoms with Gasteiger partial charge in [0.1, 0.15) is 23.0 Å². The molecule has 0 unspecified atom stereocenters. The number of amides is 1. The van der Waals surface area contributed by atoms with Gasteiger partial charge in [0, 0.05) is 23.0 Å². The van der Waals surface area contributed by atoms with Gasteiger partial charge in [-0.2, -0.15) is 0 Å². The van der Waals surface area contributed by atoms with Gasteiger partial charge in [-0.05, 0) is 77.4 Å². The van der Waals surface area contributed by atoms with Gasteiger partial charge >= 0.3 is 0 Å². The van der Waals surface area contributed by atoms with Gasteiger partial charge in [0.2, 0.25) is 5.91 Å². The highest BCUT2D eigenvalue weighted by atomic mass is 19.1. The molecule has 0 aromatic heterocycles. The van der Waals surface area contributed by atoms with E-state index in [0.29, 0.717) is 22.6 Å². The maximum absolute atomic E-state index is 14.7. The van der Waals surface area contributed by atoms with Gasteiger partial charge < -0.3 is 15.0 Å². The molecule has 4 aromatic carbocycles. The molecule has 1 amide bonds. The van der Waals surface area contributed by atoms with Crippen LogP contribution in [0, 0.1) is 11.7 Å². The molecule has 4 aromatic rings. The Kier molecular flexibility index (Phi) is 5.64. The van der Waals surface area contributed by atoms with Crippen LogP contribution in [0.1, 0.15) is 43.4 Å². The molecule has 0 saturated carbocycles. The Labute approximate surface area is 236 Å². The smallest absolute Gasteiger partial charge is 0.238 e. The van der Waals surface area contributed by atoms with Gasteiger partial charge in [-0.3, -0.25) is 14.4 Å². The number of halogens is 1. The average Bonchev–Trinajstić information content (AvgIpc) is 3.49. The van der Waals surface area contributed by atoms with Crippen molar-refractivity contribution in [3.8, 4) is 5.75 Å². The van der Waals surface area contributed by atoms with Crippen molar-refractivity contribution >= 4 is 29.2 Å². The molecule has 6 nitrogen and oxygen atoms in total. The van der Waals surface area contributed by atoms with Crippen LogP contribution in [-0.4, -0.2) is 35.5 Å². The lowest BCUT2D eigenvalue weighted by Gasteiger charge is -2.38. The molecular weight excluding hydrogens is 519 g/mol. The summed E-state index contributed by atoms with van der Waals surface area (Å²) in [7, 11) is 1.54. The van der Waals surface area contributed by atoms with E-state index >= 15 is 0 Å². The van der Waals surface area contributed by atoms with E-state index in [9.17, 15) is 18.8 Å². The molecule has 3 aliphatic heterocycles. The lowest BCUT2D eigenvalue weighted by Crippen LogP contribution is -2.49. The lowest BCUT2D eigenvalue weighted by molar-refractivity contribution is -0.122. The molecule has 4 atom stereocenters. The topological polar surface area (TPSA) is 75.7 Å². The molecule has 7 rings (SSSR count). The van der Waals surface area contributed by atoms with Crippen molar-refractivity contribution in [1.29, 1.82) is 0 Å². The molecule has 41 heavy (non-hydrogen) atoms. The highest BCUT2D eigenvalue weighted by Gasteiger charge is 2.70. The Balaban J connectivity index is 1.52. The van der Waals surface area contributed by atoms with E-state index in [1.165, 1.54) is 24.3 Å². The third-order valence-corrected chi connectivity index (χ3v) is 8.62. The SMILES string of the molecule is COc1ccc(C(=O)[C@@H]2[C@@H](C(=O)c3ccc(F)cc3)N3C=Cc4ccccc4[C@@H]3[C@]23C(=O)Nc2ccccc23)cc1. The number of nitrogens with one attached hydrogen (secondary N) is 1. The highest BCUT2D eigenvalue weighted by Crippen LogP contribution is 2.62. The van der Waals surface area contributed by atoms with Crippen LogP contribution in [0.15, 0.2) is 103 Å². The molecule has 3 aliphatic rings. The lowest BCUT2D eigenvalue weighted by atomic mass is 9.62. The molecule has 1 fully saturated rings. The zero-order chi connectivity index (χ0) is 28.3. The second kappa shape index (κ2) is 9.27. The Morgan fingerprint density at radius 2 is 1.51 bits per heavy atom. The zero-order valence-electron chi connectivity index (χ0n) is 22.1. The minimum atomic E-state index is -1.42.